The van der Waals surface area contributed by atoms with Crippen LogP contribution in [-0.2, 0) is 14.3 Å². The number of hydrogen-bond acceptors (Lipinski definition) is 4. The first-order valence-electron chi connectivity index (χ1n) is 10.4. The van der Waals surface area contributed by atoms with Gasteiger partial charge < -0.3 is 19.3 Å². The number of nitrogens with zero attached hydrogens (tertiary/aromatic N) is 2. The molecule has 28 heavy (non-hydrogen) atoms. The zero-order valence-electron chi connectivity index (χ0n) is 16.7. The van der Waals surface area contributed by atoms with E-state index in [1.165, 1.54) is 0 Å². The fraction of sp³-hybridized carbons (Fsp3) is 0.636. The molecular weight excluding hydrogens is 356 g/mol. The Kier molecular flexibility index (Phi) is 5.58. The molecule has 6 heteroatoms. The summed E-state index contributed by atoms with van der Waals surface area (Å²) in [5.41, 5.74) is 1.06. The summed E-state index contributed by atoms with van der Waals surface area (Å²) < 4.78 is 11.4. The maximum absolute atomic E-state index is 12.6. The zero-order chi connectivity index (χ0) is 19.6. The Morgan fingerprint density at radius 3 is 2.79 bits per heavy atom. The summed E-state index contributed by atoms with van der Waals surface area (Å²) in [6, 6.07) is 7.74. The lowest BCUT2D eigenvalue weighted by Crippen LogP contribution is -2.46. The topological polar surface area (TPSA) is 59.1 Å². The van der Waals surface area contributed by atoms with Crippen LogP contribution in [-0.4, -0.2) is 67.1 Å². The van der Waals surface area contributed by atoms with Crippen molar-refractivity contribution in [2.45, 2.75) is 45.1 Å². The van der Waals surface area contributed by atoms with Crippen molar-refractivity contribution in [2.75, 3.05) is 39.4 Å². The molecule has 6 nitrogen and oxygen atoms in total. The fourth-order valence-corrected chi connectivity index (χ4v) is 4.70. The molecule has 0 saturated carbocycles. The number of benzene rings is 1. The number of piperidine rings is 1. The lowest BCUT2D eigenvalue weighted by molar-refractivity contribution is -0.135. The van der Waals surface area contributed by atoms with Crippen LogP contribution in [0, 0.1) is 12.3 Å². The van der Waals surface area contributed by atoms with Crippen molar-refractivity contribution >= 4 is 11.8 Å². The van der Waals surface area contributed by atoms with Crippen LogP contribution in [0.3, 0.4) is 0 Å². The monoisotopic (exact) mass is 386 g/mol. The average molecular weight is 386 g/mol. The molecule has 2 amide bonds. The Balaban J connectivity index is 1.26. The maximum atomic E-state index is 12.6. The molecule has 1 atom stereocenters. The van der Waals surface area contributed by atoms with Crippen molar-refractivity contribution in [1.82, 2.24) is 9.80 Å². The number of amides is 2. The minimum Gasteiger partial charge on any atom is -0.484 e. The third-order valence-corrected chi connectivity index (χ3v) is 6.47. The number of hydrogen-bond donors (Lipinski definition) is 0. The summed E-state index contributed by atoms with van der Waals surface area (Å²) in [4.78, 5) is 28.9. The molecule has 0 bridgehead atoms. The highest BCUT2D eigenvalue weighted by Gasteiger charge is 2.45. The molecule has 0 aliphatic carbocycles. The number of aryl methyl sites for hydroxylation is 1. The first-order valence-corrected chi connectivity index (χ1v) is 10.4. The molecule has 1 spiro atoms. The van der Waals surface area contributed by atoms with Crippen LogP contribution in [0.1, 0.15) is 37.7 Å². The van der Waals surface area contributed by atoms with Crippen molar-refractivity contribution in [3.8, 4) is 5.75 Å². The summed E-state index contributed by atoms with van der Waals surface area (Å²) in [5.74, 6) is 1.03. The van der Waals surface area contributed by atoms with Crippen LogP contribution < -0.4 is 4.74 Å². The zero-order valence-corrected chi connectivity index (χ0v) is 16.7. The fourth-order valence-electron chi connectivity index (χ4n) is 4.70. The van der Waals surface area contributed by atoms with Gasteiger partial charge in [-0.05, 0) is 44.2 Å². The Bertz CT molecular complexity index is 721. The van der Waals surface area contributed by atoms with E-state index in [4.69, 9.17) is 9.47 Å². The molecule has 0 radical (unpaired) electrons. The number of para-hydroxylation sites is 1. The lowest BCUT2D eigenvalue weighted by atomic mass is 9.77. The average Bonchev–Trinajstić information content (AvgIpc) is 3.30. The van der Waals surface area contributed by atoms with Crippen molar-refractivity contribution in [3.05, 3.63) is 29.8 Å². The molecule has 3 fully saturated rings. The van der Waals surface area contributed by atoms with Gasteiger partial charge in [0.05, 0.1) is 6.10 Å². The molecule has 0 unspecified atom stereocenters. The second kappa shape index (κ2) is 8.11. The summed E-state index contributed by atoms with van der Waals surface area (Å²) >= 11 is 0. The maximum Gasteiger partial charge on any atom is 0.260 e. The van der Waals surface area contributed by atoms with Gasteiger partial charge in [-0.2, -0.15) is 0 Å². The normalized spacial score (nSPS) is 24.2. The predicted molar refractivity (Wildman–Crippen MR) is 105 cm³/mol. The molecule has 3 aliphatic heterocycles. The van der Waals surface area contributed by atoms with Gasteiger partial charge in [0.2, 0.25) is 5.91 Å². The van der Waals surface area contributed by atoms with Crippen molar-refractivity contribution < 1.29 is 19.1 Å². The van der Waals surface area contributed by atoms with Crippen molar-refractivity contribution in [2.24, 2.45) is 5.41 Å². The Morgan fingerprint density at radius 2 is 2.07 bits per heavy atom. The smallest absolute Gasteiger partial charge is 0.260 e. The highest BCUT2D eigenvalue weighted by Crippen LogP contribution is 2.41. The van der Waals surface area contributed by atoms with Crippen LogP contribution in [0.25, 0.3) is 0 Å². The molecule has 3 aliphatic rings. The van der Waals surface area contributed by atoms with E-state index in [1.54, 1.807) is 0 Å². The molecule has 1 aromatic carbocycles. The van der Waals surface area contributed by atoms with Gasteiger partial charge in [0.15, 0.2) is 6.61 Å². The first-order chi connectivity index (χ1) is 13.5. The Morgan fingerprint density at radius 1 is 1.29 bits per heavy atom. The third-order valence-electron chi connectivity index (χ3n) is 6.47. The summed E-state index contributed by atoms with van der Waals surface area (Å²) in [6.45, 7) is 5.82. The van der Waals surface area contributed by atoms with Crippen LogP contribution in [0.5, 0.6) is 5.75 Å². The van der Waals surface area contributed by atoms with Crippen LogP contribution in [0.4, 0.5) is 0 Å². The molecular formula is C22H30N2O4. The van der Waals surface area contributed by atoms with Crippen LogP contribution >= 0.6 is 0 Å². The van der Waals surface area contributed by atoms with Gasteiger partial charge in [-0.15, -0.1) is 0 Å². The molecule has 3 heterocycles. The van der Waals surface area contributed by atoms with Crippen molar-refractivity contribution in [3.63, 3.8) is 0 Å². The van der Waals surface area contributed by atoms with E-state index in [2.05, 4.69) is 0 Å². The molecule has 4 rings (SSSR count). The summed E-state index contributed by atoms with van der Waals surface area (Å²) in [5, 5.41) is 0. The van der Waals surface area contributed by atoms with Gasteiger partial charge in [0.25, 0.3) is 5.91 Å². The standard InChI is InChI=1S/C22H30N2O4/c1-17-5-2-3-7-19(17)28-15-21(26)23-10-8-22(9-11-23)13-20(25)24(16-22)14-18-6-4-12-27-18/h2-3,5,7,18H,4,6,8-16H2,1H3/t18-/m0/s1. The number of ether oxygens (including phenoxy) is 2. The van der Waals surface area contributed by atoms with Gasteiger partial charge in [0.1, 0.15) is 5.75 Å². The minimum atomic E-state index is 0.0265. The number of carbonyl (C=O) groups excluding carboxylic acids is 2. The SMILES string of the molecule is Cc1ccccc1OCC(=O)N1CCC2(CC1)CC(=O)N(C[C@@H]1CCCO1)C2. The second-order valence-corrected chi connectivity index (χ2v) is 8.52. The lowest BCUT2D eigenvalue weighted by Gasteiger charge is -2.38. The summed E-state index contributed by atoms with van der Waals surface area (Å²) in [7, 11) is 0. The van der Waals surface area contributed by atoms with Gasteiger partial charge in [-0.1, -0.05) is 18.2 Å². The molecule has 0 N–H and O–H groups in total. The van der Waals surface area contributed by atoms with E-state index >= 15 is 0 Å². The minimum absolute atomic E-state index is 0.0265. The second-order valence-electron chi connectivity index (χ2n) is 8.52. The van der Waals surface area contributed by atoms with Gasteiger partial charge >= 0.3 is 0 Å². The van der Waals surface area contributed by atoms with E-state index in [-0.39, 0.29) is 29.9 Å². The highest BCUT2D eigenvalue weighted by molar-refractivity contribution is 5.80. The molecule has 152 valence electrons. The molecule has 0 aromatic heterocycles. The number of carbonyl (C=O) groups is 2. The number of likely N-dealkylation sites (tertiary alicyclic amines) is 2. The van der Waals surface area contributed by atoms with E-state index < -0.39 is 0 Å². The molecule has 1 aromatic rings. The Hall–Kier alpha value is -2.08. The van der Waals surface area contributed by atoms with Gasteiger partial charge in [-0.25, -0.2) is 0 Å². The van der Waals surface area contributed by atoms with E-state index in [0.717, 1.165) is 56.7 Å². The van der Waals surface area contributed by atoms with E-state index in [1.807, 2.05) is 41.0 Å². The quantitative estimate of drug-likeness (QED) is 0.780. The van der Waals surface area contributed by atoms with Gasteiger partial charge in [0, 0.05) is 44.6 Å². The van der Waals surface area contributed by atoms with Crippen LogP contribution in [0.15, 0.2) is 24.3 Å². The first kappa shape index (κ1) is 19.2. The number of rotatable bonds is 5. The van der Waals surface area contributed by atoms with Crippen molar-refractivity contribution in [1.29, 1.82) is 0 Å². The largest absolute Gasteiger partial charge is 0.484 e. The van der Waals surface area contributed by atoms with E-state index in [9.17, 15) is 9.59 Å². The van der Waals surface area contributed by atoms with Crippen LogP contribution in [0.2, 0.25) is 0 Å². The Labute approximate surface area is 166 Å². The third kappa shape index (κ3) is 4.17. The molecule has 3 saturated heterocycles. The van der Waals surface area contributed by atoms with E-state index in [0.29, 0.717) is 19.5 Å². The summed E-state index contributed by atoms with van der Waals surface area (Å²) in [6.07, 6.45) is 4.74. The predicted octanol–water partition coefficient (Wildman–Crippen LogP) is 2.39. The highest BCUT2D eigenvalue weighted by atomic mass is 16.5. The van der Waals surface area contributed by atoms with Gasteiger partial charge in [-0.3, -0.25) is 9.59 Å².